The topological polar surface area (TPSA) is 85.3 Å². The number of hydrogen-bond donors (Lipinski definition) is 2. The number of rotatable bonds is 2. The van der Waals surface area contributed by atoms with Gasteiger partial charge in [0.05, 0.1) is 16.9 Å². The molecule has 2 aromatic rings. The number of alkyl halides is 1. The maximum atomic E-state index is 13.9. The maximum absolute atomic E-state index is 13.9. The molecule has 1 aromatic carbocycles. The molecule has 0 radical (unpaired) electrons. The summed E-state index contributed by atoms with van der Waals surface area (Å²) in [4.78, 5) is 23.4. The summed E-state index contributed by atoms with van der Waals surface area (Å²) in [5, 5.41) is 9.03. The first-order valence-electron chi connectivity index (χ1n) is 6.33. The molecule has 7 heteroatoms. The van der Waals surface area contributed by atoms with Gasteiger partial charge in [-0.3, -0.25) is 4.79 Å². The van der Waals surface area contributed by atoms with Gasteiger partial charge in [-0.2, -0.15) is 0 Å². The smallest absolute Gasteiger partial charge is 0.341 e. The van der Waals surface area contributed by atoms with E-state index in [2.05, 4.69) is 0 Å². The molecule has 110 valence electrons. The number of anilines is 1. The second-order valence-electron chi connectivity index (χ2n) is 5.20. The van der Waals surface area contributed by atoms with Crippen molar-refractivity contribution in [3.8, 4) is 0 Å². The minimum Gasteiger partial charge on any atom is -0.477 e. The fourth-order valence-electron chi connectivity index (χ4n) is 2.57. The van der Waals surface area contributed by atoms with Gasteiger partial charge in [0, 0.05) is 23.9 Å². The summed E-state index contributed by atoms with van der Waals surface area (Å²) in [6.07, 6.45) is 0.136. The predicted octanol–water partition coefficient (Wildman–Crippen LogP) is 2.01. The van der Waals surface area contributed by atoms with Crippen LogP contribution in [0.15, 0.2) is 17.1 Å². The molecule has 1 saturated carbocycles. The Balaban J connectivity index is 2.52. The minimum atomic E-state index is -1.42. The number of carboxylic acids is 1. The van der Waals surface area contributed by atoms with E-state index in [0.717, 1.165) is 12.3 Å². The van der Waals surface area contributed by atoms with E-state index in [-0.39, 0.29) is 28.6 Å². The van der Waals surface area contributed by atoms with E-state index in [1.54, 1.807) is 0 Å². The molecule has 1 aromatic heterocycles. The van der Waals surface area contributed by atoms with Crippen molar-refractivity contribution in [3.05, 3.63) is 39.4 Å². The molecular weight excluding hydrogens is 282 g/mol. The zero-order valence-corrected chi connectivity index (χ0v) is 11.1. The number of carbonyl (C=O) groups is 1. The molecule has 3 N–H and O–H groups in total. The average molecular weight is 294 g/mol. The lowest BCUT2D eigenvalue weighted by Gasteiger charge is -2.15. The summed E-state index contributed by atoms with van der Waals surface area (Å²) in [6, 6.07) is 0.389. The highest BCUT2D eigenvalue weighted by Crippen LogP contribution is 2.41. The molecule has 5 nitrogen and oxygen atoms in total. The van der Waals surface area contributed by atoms with Gasteiger partial charge in [-0.25, -0.2) is 13.6 Å². The summed E-state index contributed by atoms with van der Waals surface area (Å²) < 4.78 is 28.6. The molecule has 1 aliphatic carbocycles. The van der Waals surface area contributed by atoms with Crippen LogP contribution < -0.4 is 11.2 Å². The third-order valence-electron chi connectivity index (χ3n) is 3.79. The van der Waals surface area contributed by atoms with E-state index in [9.17, 15) is 18.4 Å². The Morgan fingerprint density at radius 2 is 2.14 bits per heavy atom. The number of carboxylic acid groups (broad SMARTS) is 1. The number of pyridine rings is 1. The van der Waals surface area contributed by atoms with E-state index >= 15 is 0 Å². The van der Waals surface area contributed by atoms with Crippen molar-refractivity contribution in [3.63, 3.8) is 0 Å². The van der Waals surface area contributed by atoms with Crippen molar-refractivity contribution in [2.45, 2.75) is 25.6 Å². The average Bonchev–Trinajstić information content (AvgIpc) is 3.12. The Labute approximate surface area is 117 Å². The summed E-state index contributed by atoms with van der Waals surface area (Å²) in [6.45, 7) is 1.45. The Bertz CT molecular complexity index is 844. The van der Waals surface area contributed by atoms with E-state index in [0.29, 0.717) is 0 Å². The number of nitrogen functional groups attached to an aromatic ring is 1. The summed E-state index contributed by atoms with van der Waals surface area (Å²) in [7, 11) is 0. The second-order valence-corrected chi connectivity index (χ2v) is 5.20. The number of fused-ring (bicyclic) bond motifs is 1. The third kappa shape index (κ3) is 1.88. The molecule has 1 fully saturated rings. The molecular formula is C14H12F2N2O3. The summed E-state index contributed by atoms with van der Waals surface area (Å²) >= 11 is 0. The number of benzene rings is 1. The first kappa shape index (κ1) is 13.5. The van der Waals surface area contributed by atoms with Gasteiger partial charge in [0.1, 0.15) is 17.6 Å². The standard InChI is InChI=1S/C14H12F2N2O3/c1-5-7(15)2-9(17)11-12(5)18(10-3-8(10)16)4-6(13(11)19)14(20)21/h2,4,8,10H,3,17H2,1H3,(H,20,21)/t8-,10+/m1/s1. The van der Waals surface area contributed by atoms with Gasteiger partial charge >= 0.3 is 5.97 Å². The third-order valence-corrected chi connectivity index (χ3v) is 3.79. The fourth-order valence-corrected chi connectivity index (χ4v) is 2.57. The first-order chi connectivity index (χ1) is 9.82. The number of nitrogens with two attached hydrogens (primary N) is 1. The van der Waals surface area contributed by atoms with Crippen molar-refractivity contribution < 1.29 is 18.7 Å². The first-order valence-corrected chi connectivity index (χ1v) is 6.33. The SMILES string of the molecule is Cc1c(F)cc(N)c2c(=O)c(C(=O)O)cn([C@H]3C[C@H]3F)c12. The maximum Gasteiger partial charge on any atom is 0.341 e. The van der Waals surface area contributed by atoms with Gasteiger partial charge in [-0.1, -0.05) is 0 Å². The molecule has 0 amide bonds. The monoisotopic (exact) mass is 294 g/mol. The van der Waals surface area contributed by atoms with Crippen LogP contribution >= 0.6 is 0 Å². The minimum absolute atomic E-state index is 0.0760. The van der Waals surface area contributed by atoms with E-state index < -0.39 is 35.0 Å². The van der Waals surface area contributed by atoms with Crippen LogP contribution in [0.25, 0.3) is 10.9 Å². The van der Waals surface area contributed by atoms with Gasteiger partial charge in [-0.15, -0.1) is 0 Å². The Morgan fingerprint density at radius 3 is 2.67 bits per heavy atom. The molecule has 0 bridgehead atoms. The Morgan fingerprint density at radius 1 is 1.52 bits per heavy atom. The highest BCUT2D eigenvalue weighted by molar-refractivity contribution is 5.98. The molecule has 1 aliphatic rings. The zero-order valence-electron chi connectivity index (χ0n) is 11.1. The van der Waals surface area contributed by atoms with Crippen LogP contribution in [0.4, 0.5) is 14.5 Å². The van der Waals surface area contributed by atoms with Crippen LogP contribution in [0.1, 0.15) is 28.4 Å². The zero-order chi connectivity index (χ0) is 15.5. The van der Waals surface area contributed by atoms with Crippen molar-refractivity contribution in [1.82, 2.24) is 4.57 Å². The quantitative estimate of drug-likeness (QED) is 0.830. The molecule has 0 saturated heterocycles. The summed E-state index contributed by atoms with van der Waals surface area (Å²) in [5.74, 6) is -2.04. The van der Waals surface area contributed by atoms with Crippen LogP contribution in [0.5, 0.6) is 0 Å². The van der Waals surface area contributed by atoms with E-state index in [1.165, 1.54) is 11.5 Å². The van der Waals surface area contributed by atoms with Gasteiger partial charge < -0.3 is 15.4 Å². The van der Waals surface area contributed by atoms with Crippen molar-refractivity contribution in [2.24, 2.45) is 0 Å². The summed E-state index contributed by atoms with van der Waals surface area (Å²) in [5.41, 5.74) is 4.55. The van der Waals surface area contributed by atoms with Gasteiger partial charge in [0.15, 0.2) is 0 Å². The molecule has 1 heterocycles. The Hall–Kier alpha value is -2.44. The van der Waals surface area contributed by atoms with Crippen molar-refractivity contribution in [2.75, 3.05) is 5.73 Å². The fraction of sp³-hybridized carbons (Fsp3) is 0.286. The van der Waals surface area contributed by atoms with Crippen LogP contribution in [-0.2, 0) is 0 Å². The molecule has 0 unspecified atom stereocenters. The molecule has 3 rings (SSSR count). The number of aromatic nitrogens is 1. The van der Waals surface area contributed by atoms with Crippen molar-refractivity contribution >= 4 is 22.6 Å². The van der Waals surface area contributed by atoms with Gasteiger partial charge in [-0.05, 0) is 13.0 Å². The number of aryl methyl sites for hydroxylation is 1. The molecule has 2 atom stereocenters. The van der Waals surface area contributed by atoms with Gasteiger partial charge in [0.2, 0.25) is 5.43 Å². The number of halogens is 2. The van der Waals surface area contributed by atoms with Crippen LogP contribution in [0.2, 0.25) is 0 Å². The highest BCUT2D eigenvalue weighted by atomic mass is 19.1. The lowest BCUT2D eigenvalue weighted by molar-refractivity contribution is 0.0694. The van der Waals surface area contributed by atoms with Crippen LogP contribution in [0.3, 0.4) is 0 Å². The number of nitrogens with zero attached hydrogens (tertiary/aromatic N) is 1. The van der Waals surface area contributed by atoms with Crippen LogP contribution in [-0.4, -0.2) is 21.8 Å². The lowest BCUT2D eigenvalue weighted by Crippen LogP contribution is -2.21. The predicted molar refractivity (Wildman–Crippen MR) is 72.8 cm³/mol. The second kappa shape index (κ2) is 4.28. The van der Waals surface area contributed by atoms with E-state index in [1.807, 2.05) is 0 Å². The molecule has 0 aliphatic heterocycles. The van der Waals surface area contributed by atoms with Crippen LogP contribution in [0, 0.1) is 12.7 Å². The van der Waals surface area contributed by atoms with Gasteiger partial charge in [0.25, 0.3) is 0 Å². The van der Waals surface area contributed by atoms with E-state index in [4.69, 9.17) is 10.8 Å². The number of aromatic carboxylic acids is 1. The Kier molecular flexibility index (Phi) is 2.76. The lowest BCUT2D eigenvalue weighted by atomic mass is 10.0. The largest absolute Gasteiger partial charge is 0.477 e. The highest BCUT2D eigenvalue weighted by Gasteiger charge is 2.40. The number of hydrogen-bond acceptors (Lipinski definition) is 3. The molecule has 0 spiro atoms. The van der Waals surface area contributed by atoms with Crippen molar-refractivity contribution in [1.29, 1.82) is 0 Å². The molecule has 21 heavy (non-hydrogen) atoms. The normalized spacial score (nSPS) is 20.7.